The molecule has 128 valence electrons. The molecule has 0 spiro atoms. The van der Waals surface area contributed by atoms with Crippen molar-refractivity contribution in [2.75, 3.05) is 20.3 Å². The Hall–Kier alpha value is -2.48. The van der Waals surface area contributed by atoms with E-state index in [9.17, 15) is 9.59 Å². The molecule has 1 amide bonds. The maximum atomic E-state index is 12.8. The number of likely N-dealkylation sites (tertiary alicyclic amines) is 1. The Kier molecular flexibility index (Phi) is 4.75. The zero-order valence-corrected chi connectivity index (χ0v) is 13.8. The lowest BCUT2D eigenvalue weighted by atomic mass is 10.1. The van der Waals surface area contributed by atoms with Crippen LogP contribution in [0.3, 0.4) is 0 Å². The van der Waals surface area contributed by atoms with Gasteiger partial charge in [-0.1, -0.05) is 5.16 Å². The van der Waals surface area contributed by atoms with Gasteiger partial charge in [0, 0.05) is 25.8 Å². The molecule has 3 heterocycles. The van der Waals surface area contributed by atoms with Crippen LogP contribution in [-0.2, 0) is 11.3 Å². The molecule has 0 N–H and O–H groups in total. The van der Waals surface area contributed by atoms with Crippen LogP contribution >= 0.6 is 0 Å². The molecule has 1 fully saturated rings. The van der Waals surface area contributed by atoms with Gasteiger partial charge in [-0.05, 0) is 25.8 Å². The minimum atomic E-state index is -0.257. The third-order valence-corrected chi connectivity index (χ3v) is 4.08. The van der Waals surface area contributed by atoms with Crippen molar-refractivity contribution < 1.29 is 14.1 Å². The summed E-state index contributed by atoms with van der Waals surface area (Å²) >= 11 is 0. The second-order valence-electron chi connectivity index (χ2n) is 5.80. The van der Waals surface area contributed by atoms with E-state index in [1.54, 1.807) is 12.0 Å². The van der Waals surface area contributed by atoms with Gasteiger partial charge >= 0.3 is 0 Å². The number of ether oxygens (including phenoxy) is 1. The number of hydrogen-bond acceptors (Lipinski definition) is 6. The lowest BCUT2D eigenvalue weighted by Crippen LogP contribution is -2.34. The Balaban J connectivity index is 1.84. The number of rotatable bonds is 5. The molecule has 0 saturated carbocycles. The summed E-state index contributed by atoms with van der Waals surface area (Å²) in [6.07, 6.45) is 1.71. The normalized spacial score (nSPS) is 17.4. The van der Waals surface area contributed by atoms with Gasteiger partial charge in [-0.25, -0.2) is 4.68 Å². The first-order valence-corrected chi connectivity index (χ1v) is 7.91. The molecule has 0 radical (unpaired) electrons. The monoisotopic (exact) mass is 332 g/mol. The minimum absolute atomic E-state index is 0.139. The van der Waals surface area contributed by atoms with E-state index < -0.39 is 0 Å². The summed E-state index contributed by atoms with van der Waals surface area (Å²) in [6, 6.07) is 4.54. The van der Waals surface area contributed by atoms with E-state index in [0.29, 0.717) is 25.5 Å². The molecule has 0 aromatic carbocycles. The Morgan fingerprint density at radius 3 is 3.00 bits per heavy atom. The number of methoxy groups -OCH3 is 1. The lowest BCUT2D eigenvalue weighted by molar-refractivity contribution is 0.0704. The van der Waals surface area contributed by atoms with Gasteiger partial charge in [-0.15, -0.1) is 0 Å². The van der Waals surface area contributed by atoms with Crippen LogP contribution in [0.5, 0.6) is 0 Å². The molecule has 1 atom stereocenters. The molecule has 0 aliphatic carbocycles. The molecule has 2 aromatic heterocycles. The number of carbonyl (C=O) groups excluding carboxylic acids is 1. The highest BCUT2D eigenvalue weighted by Gasteiger charge is 2.34. The predicted octanol–water partition coefficient (Wildman–Crippen LogP) is 1.16. The van der Waals surface area contributed by atoms with E-state index >= 15 is 0 Å². The smallest absolute Gasteiger partial charge is 0.274 e. The van der Waals surface area contributed by atoms with Crippen LogP contribution in [0.1, 0.15) is 40.8 Å². The second kappa shape index (κ2) is 6.96. The Labute approximate surface area is 139 Å². The van der Waals surface area contributed by atoms with Gasteiger partial charge in [0.25, 0.3) is 11.5 Å². The van der Waals surface area contributed by atoms with Crippen molar-refractivity contribution in [3.8, 4) is 0 Å². The number of hydrogen-bond donors (Lipinski definition) is 0. The average Bonchev–Trinajstić information content (AvgIpc) is 3.22. The van der Waals surface area contributed by atoms with E-state index in [4.69, 9.17) is 9.26 Å². The van der Waals surface area contributed by atoms with Crippen molar-refractivity contribution in [1.29, 1.82) is 0 Å². The Bertz CT molecular complexity index is 782. The third kappa shape index (κ3) is 3.23. The zero-order chi connectivity index (χ0) is 17.1. The molecular formula is C16H20N4O4. The molecule has 1 saturated heterocycles. The van der Waals surface area contributed by atoms with Crippen molar-refractivity contribution in [2.45, 2.75) is 32.4 Å². The largest absolute Gasteiger partial charge is 0.383 e. The van der Waals surface area contributed by atoms with E-state index in [0.717, 1.165) is 18.5 Å². The first-order valence-electron chi connectivity index (χ1n) is 7.91. The molecule has 1 aliphatic heterocycles. The molecule has 1 aliphatic rings. The SMILES string of the molecule is COCCn1nc(C(=O)N2CCC[C@@H]2c2cc(C)no2)ccc1=O. The Morgan fingerprint density at radius 2 is 2.29 bits per heavy atom. The van der Waals surface area contributed by atoms with Crippen molar-refractivity contribution in [1.82, 2.24) is 19.8 Å². The Morgan fingerprint density at radius 1 is 1.46 bits per heavy atom. The number of amides is 1. The fraction of sp³-hybridized carbons (Fsp3) is 0.500. The average molecular weight is 332 g/mol. The quantitative estimate of drug-likeness (QED) is 0.816. The van der Waals surface area contributed by atoms with Gasteiger partial charge in [-0.2, -0.15) is 5.10 Å². The van der Waals surface area contributed by atoms with E-state index in [2.05, 4.69) is 10.3 Å². The second-order valence-corrected chi connectivity index (χ2v) is 5.80. The number of carbonyl (C=O) groups is 1. The van der Waals surface area contributed by atoms with Crippen LogP contribution in [0.4, 0.5) is 0 Å². The van der Waals surface area contributed by atoms with Crippen LogP contribution in [0.2, 0.25) is 0 Å². The van der Waals surface area contributed by atoms with Crippen molar-refractivity contribution in [3.63, 3.8) is 0 Å². The highest BCUT2D eigenvalue weighted by Crippen LogP contribution is 2.33. The third-order valence-electron chi connectivity index (χ3n) is 4.08. The van der Waals surface area contributed by atoms with Crippen LogP contribution in [0.15, 0.2) is 27.5 Å². The molecule has 8 nitrogen and oxygen atoms in total. The summed E-state index contributed by atoms with van der Waals surface area (Å²) in [5.74, 6) is 0.476. The standard InChI is InChI=1S/C16H20N4O4/c1-11-10-14(24-18-11)13-4-3-7-19(13)16(22)12-5-6-15(21)20(17-12)8-9-23-2/h5-6,10,13H,3-4,7-9H2,1-2H3/t13-/m1/s1. The number of nitrogens with zero attached hydrogens (tertiary/aromatic N) is 4. The highest BCUT2D eigenvalue weighted by molar-refractivity contribution is 5.92. The molecule has 2 aromatic rings. The lowest BCUT2D eigenvalue weighted by Gasteiger charge is -2.22. The summed E-state index contributed by atoms with van der Waals surface area (Å²) < 4.78 is 11.5. The first-order chi connectivity index (χ1) is 11.6. The fourth-order valence-electron chi connectivity index (χ4n) is 2.89. The maximum absolute atomic E-state index is 12.8. The van der Waals surface area contributed by atoms with Crippen LogP contribution in [-0.4, -0.2) is 46.0 Å². The van der Waals surface area contributed by atoms with Gasteiger partial charge in [0.15, 0.2) is 5.76 Å². The van der Waals surface area contributed by atoms with E-state index in [-0.39, 0.29) is 23.2 Å². The summed E-state index contributed by atoms with van der Waals surface area (Å²) in [6.45, 7) is 3.14. The van der Waals surface area contributed by atoms with Crippen LogP contribution in [0, 0.1) is 6.92 Å². The highest BCUT2D eigenvalue weighted by atomic mass is 16.5. The molecule has 3 rings (SSSR count). The minimum Gasteiger partial charge on any atom is -0.383 e. The molecule has 0 bridgehead atoms. The van der Waals surface area contributed by atoms with Gasteiger partial charge in [0.1, 0.15) is 5.69 Å². The fourth-order valence-corrected chi connectivity index (χ4v) is 2.89. The van der Waals surface area contributed by atoms with Gasteiger partial charge in [0.2, 0.25) is 0 Å². The summed E-state index contributed by atoms with van der Waals surface area (Å²) in [7, 11) is 1.55. The molecular weight excluding hydrogens is 312 g/mol. The van der Waals surface area contributed by atoms with Gasteiger partial charge in [-0.3, -0.25) is 9.59 Å². The summed E-state index contributed by atoms with van der Waals surface area (Å²) in [5.41, 5.74) is 0.775. The summed E-state index contributed by atoms with van der Waals surface area (Å²) in [5, 5.41) is 8.07. The zero-order valence-electron chi connectivity index (χ0n) is 13.8. The molecule has 0 unspecified atom stereocenters. The van der Waals surface area contributed by atoms with E-state index in [1.165, 1.54) is 16.8 Å². The summed E-state index contributed by atoms with van der Waals surface area (Å²) in [4.78, 5) is 26.4. The predicted molar refractivity (Wildman–Crippen MR) is 84.6 cm³/mol. The molecule has 8 heteroatoms. The first kappa shape index (κ1) is 16.4. The van der Waals surface area contributed by atoms with E-state index in [1.807, 2.05) is 13.0 Å². The van der Waals surface area contributed by atoms with Crippen molar-refractivity contribution >= 4 is 5.91 Å². The van der Waals surface area contributed by atoms with Crippen molar-refractivity contribution in [2.24, 2.45) is 0 Å². The maximum Gasteiger partial charge on any atom is 0.274 e. The van der Waals surface area contributed by atoms with Crippen molar-refractivity contribution in [3.05, 3.63) is 45.7 Å². The van der Waals surface area contributed by atoms with Gasteiger partial charge in [0.05, 0.1) is 24.9 Å². The van der Waals surface area contributed by atoms with Gasteiger partial charge < -0.3 is 14.2 Å². The van der Waals surface area contributed by atoms with Crippen LogP contribution < -0.4 is 5.56 Å². The van der Waals surface area contributed by atoms with Crippen LogP contribution in [0.25, 0.3) is 0 Å². The molecule has 24 heavy (non-hydrogen) atoms. The number of aromatic nitrogens is 3. The number of aryl methyl sites for hydroxylation is 1. The topological polar surface area (TPSA) is 90.5 Å².